The SMILES string of the molecule is CC1CCC(Nc2snc(N)c2C(N)=O)C1C. The number of amides is 1. The maximum Gasteiger partial charge on any atom is 0.255 e. The third-order valence-corrected chi connectivity index (χ3v) is 4.54. The van der Waals surface area contributed by atoms with Gasteiger partial charge in [0.15, 0.2) is 5.82 Å². The summed E-state index contributed by atoms with van der Waals surface area (Å²) in [7, 11) is 0. The summed E-state index contributed by atoms with van der Waals surface area (Å²) in [6.45, 7) is 4.48. The van der Waals surface area contributed by atoms with Crippen LogP contribution in [0, 0.1) is 11.8 Å². The highest BCUT2D eigenvalue weighted by atomic mass is 32.1. The van der Waals surface area contributed by atoms with Crippen LogP contribution in [0.5, 0.6) is 0 Å². The van der Waals surface area contributed by atoms with Crippen LogP contribution in [-0.4, -0.2) is 16.3 Å². The molecule has 0 saturated heterocycles. The second-order valence-electron chi connectivity index (χ2n) is 4.80. The molecule has 1 aromatic rings. The van der Waals surface area contributed by atoms with Crippen molar-refractivity contribution in [3.8, 4) is 0 Å². The first-order valence-electron chi connectivity index (χ1n) is 5.82. The maximum atomic E-state index is 11.3. The number of nitrogens with one attached hydrogen (secondary N) is 1. The van der Waals surface area contributed by atoms with Gasteiger partial charge in [0.25, 0.3) is 5.91 Å². The monoisotopic (exact) mass is 254 g/mol. The van der Waals surface area contributed by atoms with E-state index < -0.39 is 5.91 Å². The number of anilines is 2. The number of carbonyl (C=O) groups excluding carboxylic acids is 1. The highest BCUT2D eigenvalue weighted by Gasteiger charge is 2.31. The maximum absolute atomic E-state index is 11.3. The van der Waals surface area contributed by atoms with Gasteiger partial charge in [-0.15, -0.1) is 0 Å². The largest absolute Gasteiger partial charge is 0.382 e. The van der Waals surface area contributed by atoms with Crippen LogP contribution in [0.2, 0.25) is 0 Å². The van der Waals surface area contributed by atoms with Crippen LogP contribution in [0.15, 0.2) is 0 Å². The Morgan fingerprint density at radius 2 is 2.18 bits per heavy atom. The van der Waals surface area contributed by atoms with Gasteiger partial charge in [-0.2, -0.15) is 4.37 Å². The normalized spacial score (nSPS) is 28.2. The van der Waals surface area contributed by atoms with E-state index in [2.05, 4.69) is 23.5 Å². The second kappa shape index (κ2) is 4.52. The number of nitrogens with two attached hydrogens (primary N) is 2. The molecule has 94 valence electrons. The van der Waals surface area contributed by atoms with Crippen molar-refractivity contribution in [2.24, 2.45) is 17.6 Å². The van der Waals surface area contributed by atoms with E-state index in [1.807, 2.05) is 0 Å². The van der Waals surface area contributed by atoms with Gasteiger partial charge in [-0.3, -0.25) is 4.79 Å². The number of nitrogens with zero attached hydrogens (tertiary/aromatic N) is 1. The molecule has 1 aliphatic carbocycles. The topological polar surface area (TPSA) is 94.0 Å². The molecule has 0 bridgehead atoms. The molecule has 1 heterocycles. The minimum absolute atomic E-state index is 0.226. The second-order valence-corrected chi connectivity index (χ2v) is 5.57. The summed E-state index contributed by atoms with van der Waals surface area (Å²) < 4.78 is 3.98. The highest BCUT2D eigenvalue weighted by molar-refractivity contribution is 7.11. The number of nitrogen functional groups attached to an aromatic ring is 1. The zero-order valence-corrected chi connectivity index (χ0v) is 10.9. The van der Waals surface area contributed by atoms with Gasteiger partial charge >= 0.3 is 0 Å². The molecule has 17 heavy (non-hydrogen) atoms. The molecule has 0 radical (unpaired) electrons. The van der Waals surface area contributed by atoms with E-state index in [-0.39, 0.29) is 5.82 Å². The lowest BCUT2D eigenvalue weighted by Gasteiger charge is -2.20. The number of rotatable bonds is 3. The predicted octanol–water partition coefficient (Wildman–Crippen LogP) is 1.67. The molecule has 1 amide bonds. The highest BCUT2D eigenvalue weighted by Crippen LogP contribution is 2.35. The van der Waals surface area contributed by atoms with Crippen LogP contribution in [-0.2, 0) is 0 Å². The third-order valence-electron chi connectivity index (χ3n) is 3.75. The number of hydrogen-bond acceptors (Lipinski definition) is 5. The minimum Gasteiger partial charge on any atom is -0.382 e. The molecular weight excluding hydrogens is 236 g/mol. The Labute approximate surface area is 105 Å². The van der Waals surface area contributed by atoms with Crippen molar-refractivity contribution in [1.82, 2.24) is 4.37 Å². The zero-order chi connectivity index (χ0) is 12.6. The van der Waals surface area contributed by atoms with Crippen LogP contribution in [0.4, 0.5) is 10.8 Å². The summed E-state index contributed by atoms with van der Waals surface area (Å²) in [5, 5.41) is 4.08. The number of primary amides is 1. The first kappa shape index (κ1) is 12.2. The van der Waals surface area contributed by atoms with E-state index in [0.717, 1.165) is 6.42 Å². The minimum atomic E-state index is -0.516. The van der Waals surface area contributed by atoms with E-state index in [4.69, 9.17) is 11.5 Å². The van der Waals surface area contributed by atoms with Crippen LogP contribution in [0.1, 0.15) is 37.0 Å². The Kier molecular flexibility index (Phi) is 3.24. The Morgan fingerprint density at radius 1 is 1.47 bits per heavy atom. The summed E-state index contributed by atoms with van der Waals surface area (Å²) in [5.41, 5.74) is 11.3. The van der Waals surface area contributed by atoms with Crippen LogP contribution >= 0.6 is 11.5 Å². The lowest BCUT2D eigenvalue weighted by molar-refractivity contribution is 0.100. The van der Waals surface area contributed by atoms with Gasteiger partial charge in [-0.05, 0) is 36.2 Å². The first-order valence-corrected chi connectivity index (χ1v) is 6.59. The molecular formula is C11H18N4OS. The van der Waals surface area contributed by atoms with Crippen molar-refractivity contribution in [3.63, 3.8) is 0 Å². The fourth-order valence-electron chi connectivity index (χ4n) is 2.38. The van der Waals surface area contributed by atoms with Gasteiger partial charge in [0.1, 0.15) is 10.6 Å². The predicted molar refractivity (Wildman–Crippen MR) is 70.0 cm³/mol. The Morgan fingerprint density at radius 3 is 2.71 bits per heavy atom. The van der Waals surface area contributed by atoms with Crippen molar-refractivity contribution >= 4 is 28.3 Å². The molecule has 6 heteroatoms. The lowest BCUT2D eigenvalue weighted by atomic mass is 9.98. The van der Waals surface area contributed by atoms with Crippen LogP contribution in [0.3, 0.4) is 0 Å². The van der Waals surface area contributed by atoms with Gasteiger partial charge in [-0.1, -0.05) is 13.8 Å². The van der Waals surface area contributed by atoms with Crippen LogP contribution < -0.4 is 16.8 Å². The smallest absolute Gasteiger partial charge is 0.255 e. The van der Waals surface area contributed by atoms with E-state index in [9.17, 15) is 4.79 Å². The molecule has 2 rings (SSSR count). The molecule has 1 aromatic heterocycles. The molecule has 0 aromatic carbocycles. The summed E-state index contributed by atoms with van der Waals surface area (Å²) in [5.74, 6) is 0.995. The molecule has 0 spiro atoms. The third kappa shape index (κ3) is 2.22. The van der Waals surface area contributed by atoms with Gasteiger partial charge in [0.2, 0.25) is 0 Å². The molecule has 1 fully saturated rings. The van der Waals surface area contributed by atoms with E-state index >= 15 is 0 Å². The average Bonchev–Trinajstić information content (AvgIpc) is 2.77. The van der Waals surface area contributed by atoms with E-state index in [0.29, 0.717) is 28.4 Å². The Bertz CT molecular complexity index is 431. The standard InChI is InChI=1S/C11H18N4OS/c1-5-3-4-7(6(5)2)14-11-8(10(13)16)9(12)15-17-11/h5-7,14H,3-4H2,1-2H3,(H2,12,15)(H2,13,16). The van der Waals surface area contributed by atoms with E-state index in [1.165, 1.54) is 18.0 Å². The lowest BCUT2D eigenvalue weighted by Crippen LogP contribution is -2.25. The molecule has 0 aliphatic heterocycles. The van der Waals surface area contributed by atoms with Crippen molar-refractivity contribution in [2.75, 3.05) is 11.1 Å². The molecule has 1 aliphatic rings. The van der Waals surface area contributed by atoms with Crippen molar-refractivity contribution < 1.29 is 4.79 Å². The van der Waals surface area contributed by atoms with Crippen LogP contribution in [0.25, 0.3) is 0 Å². The summed E-state index contributed by atoms with van der Waals surface area (Å²) >= 11 is 1.21. The fourth-order valence-corrected chi connectivity index (χ4v) is 3.16. The molecule has 3 atom stereocenters. The van der Waals surface area contributed by atoms with Gasteiger partial charge in [0, 0.05) is 6.04 Å². The number of carbonyl (C=O) groups is 1. The molecule has 5 N–H and O–H groups in total. The van der Waals surface area contributed by atoms with Crippen molar-refractivity contribution in [2.45, 2.75) is 32.7 Å². The zero-order valence-electron chi connectivity index (χ0n) is 10.1. The number of hydrogen-bond donors (Lipinski definition) is 3. The quantitative estimate of drug-likeness (QED) is 0.764. The summed E-state index contributed by atoms with van der Waals surface area (Å²) in [4.78, 5) is 11.3. The number of aromatic nitrogens is 1. The van der Waals surface area contributed by atoms with E-state index in [1.54, 1.807) is 0 Å². The fraction of sp³-hybridized carbons (Fsp3) is 0.636. The first-order chi connectivity index (χ1) is 8.00. The molecule has 5 nitrogen and oxygen atoms in total. The Balaban J connectivity index is 2.17. The average molecular weight is 254 g/mol. The Hall–Kier alpha value is -1.30. The molecule has 3 unspecified atom stereocenters. The molecule has 1 saturated carbocycles. The summed E-state index contributed by atoms with van der Waals surface area (Å²) in [6.07, 6.45) is 2.32. The summed E-state index contributed by atoms with van der Waals surface area (Å²) in [6, 6.07) is 0.378. The van der Waals surface area contributed by atoms with Crippen molar-refractivity contribution in [3.05, 3.63) is 5.56 Å². The van der Waals surface area contributed by atoms with Crippen molar-refractivity contribution in [1.29, 1.82) is 0 Å². The van der Waals surface area contributed by atoms with Gasteiger partial charge in [0.05, 0.1) is 0 Å². The van der Waals surface area contributed by atoms with Gasteiger partial charge in [-0.25, -0.2) is 0 Å². The van der Waals surface area contributed by atoms with Gasteiger partial charge < -0.3 is 16.8 Å².